The number of methoxy groups -OCH3 is 1. The predicted octanol–water partition coefficient (Wildman–Crippen LogP) is 3.38. The van der Waals surface area contributed by atoms with Crippen molar-refractivity contribution in [3.8, 4) is 0 Å². The van der Waals surface area contributed by atoms with Gasteiger partial charge in [0.1, 0.15) is 0 Å². The van der Waals surface area contributed by atoms with Gasteiger partial charge in [-0.05, 0) is 31.4 Å². The first-order valence-corrected chi connectivity index (χ1v) is 7.14. The summed E-state index contributed by atoms with van der Waals surface area (Å²) >= 11 is 0. The summed E-state index contributed by atoms with van der Waals surface area (Å²) in [6, 6.07) is 6.86. The SMILES string of the molecule is CCCC1(COC)CCCN1c1ccc([N+](=O)[O-])cc1. The average molecular weight is 278 g/mol. The van der Waals surface area contributed by atoms with Gasteiger partial charge in [-0.25, -0.2) is 0 Å². The molecule has 5 heteroatoms. The highest BCUT2D eigenvalue weighted by Gasteiger charge is 2.40. The predicted molar refractivity (Wildman–Crippen MR) is 79.2 cm³/mol. The summed E-state index contributed by atoms with van der Waals surface area (Å²) < 4.78 is 5.45. The van der Waals surface area contributed by atoms with Crippen molar-refractivity contribution in [3.05, 3.63) is 34.4 Å². The van der Waals surface area contributed by atoms with Crippen molar-refractivity contribution in [1.29, 1.82) is 0 Å². The van der Waals surface area contributed by atoms with E-state index in [1.54, 1.807) is 19.2 Å². The van der Waals surface area contributed by atoms with Gasteiger partial charge in [-0.2, -0.15) is 0 Å². The van der Waals surface area contributed by atoms with E-state index in [9.17, 15) is 10.1 Å². The molecule has 1 saturated heterocycles. The minimum Gasteiger partial charge on any atom is -0.382 e. The van der Waals surface area contributed by atoms with E-state index in [1.165, 1.54) is 0 Å². The first kappa shape index (κ1) is 14.8. The van der Waals surface area contributed by atoms with Crippen molar-refractivity contribution in [1.82, 2.24) is 0 Å². The van der Waals surface area contributed by atoms with Gasteiger partial charge in [0.25, 0.3) is 5.69 Å². The van der Waals surface area contributed by atoms with Crippen LogP contribution in [0.4, 0.5) is 11.4 Å². The van der Waals surface area contributed by atoms with E-state index in [2.05, 4.69) is 11.8 Å². The fourth-order valence-corrected chi connectivity index (χ4v) is 3.31. The van der Waals surface area contributed by atoms with E-state index < -0.39 is 0 Å². The Bertz CT molecular complexity index is 453. The summed E-state index contributed by atoms with van der Waals surface area (Å²) in [6.45, 7) is 3.88. The molecule has 1 aliphatic rings. The third-order valence-corrected chi connectivity index (χ3v) is 4.10. The van der Waals surface area contributed by atoms with E-state index in [1.807, 2.05) is 12.1 Å². The molecule has 0 amide bonds. The Kier molecular flexibility index (Phi) is 4.60. The van der Waals surface area contributed by atoms with Crippen LogP contribution in [0.3, 0.4) is 0 Å². The monoisotopic (exact) mass is 278 g/mol. The molecule has 1 aromatic carbocycles. The van der Waals surface area contributed by atoms with Crippen molar-refractivity contribution < 1.29 is 9.66 Å². The first-order chi connectivity index (χ1) is 9.63. The van der Waals surface area contributed by atoms with Crippen LogP contribution in [0.15, 0.2) is 24.3 Å². The number of benzene rings is 1. The largest absolute Gasteiger partial charge is 0.382 e. The standard InChI is InChI=1S/C15H22N2O3/c1-3-9-15(12-20-2)10-4-11-16(15)13-5-7-14(8-6-13)17(18)19/h5-8H,3-4,9-12H2,1-2H3. The fourth-order valence-electron chi connectivity index (χ4n) is 3.31. The summed E-state index contributed by atoms with van der Waals surface area (Å²) in [4.78, 5) is 12.7. The highest BCUT2D eigenvalue weighted by atomic mass is 16.6. The maximum Gasteiger partial charge on any atom is 0.269 e. The third-order valence-electron chi connectivity index (χ3n) is 4.10. The molecule has 1 heterocycles. The molecule has 1 fully saturated rings. The second-order valence-electron chi connectivity index (χ2n) is 5.44. The zero-order chi connectivity index (χ0) is 14.6. The number of nitrogens with zero attached hydrogens (tertiary/aromatic N) is 2. The normalized spacial score (nSPS) is 22.2. The first-order valence-electron chi connectivity index (χ1n) is 7.14. The van der Waals surface area contributed by atoms with Crippen molar-refractivity contribution in [3.63, 3.8) is 0 Å². The van der Waals surface area contributed by atoms with E-state index in [0.717, 1.165) is 37.9 Å². The molecule has 1 aliphatic heterocycles. The molecule has 20 heavy (non-hydrogen) atoms. The number of hydrogen-bond acceptors (Lipinski definition) is 4. The van der Waals surface area contributed by atoms with Crippen molar-refractivity contribution in [2.45, 2.75) is 38.1 Å². The van der Waals surface area contributed by atoms with Crippen LogP contribution in [-0.4, -0.2) is 30.7 Å². The van der Waals surface area contributed by atoms with Crippen LogP contribution >= 0.6 is 0 Å². The number of hydrogen-bond donors (Lipinski definition) is 0. The highest BCUT2D eigenvalue weighted by Crippen LogP contribution is 2.38. The maximum absolute atomic E-state index is 10.7. The van der Waals surface area contributed by atoms with Gasteiger partial charge in [-0.1, -0.05) is 13.3 Å². The summed E-state index contributed by atoms with van der Waals surface area (Å²) in [7, 11) is 1.74. The molecule has 110 valence electrons. The molecule has 2 rings (SSSR count). The second-order valence-corrected chi connectivity index (χ2v) is 5.44. The van der Waals surface area contributed by atoms with E-state index in [-0.39, 0.29) is 16.1 Å². The molecule has 0 N–H and O–H groups in total. The molecule has 0 spiro atoms. The lowest BCUT2D eigenvalue weighted by molar-refractivity contribution is -0.384. The maximum atomic E-state index is 10.7. The number of rotatable bonds is 6. The molecule has 0 saturated carbocycles. The molecule has 0 aliphatic carbocycles. The van der Waals surface area contributed by atoms with Gasteiger partial charge in [0.05, 0.1) is 17.1 Å². The minimum atomic E-state index is -0.359. The zero-order valence-electron chi connectivity index (χ0n) is 12.2. The molecule has 1 aromatic rings. The molecular weight excluding hydrogens is 256 g/mol. The Morgan fingerprint density at radius 2 is 2.10 bits per heavy atom. The smallest absolute Gasteiger partial charge is 0.269 e. The van der Waals surface area contributed by atoms with Gasteiger partial charge in [-0.3, -0.25) is 10.1 Å². The van der Waals surface area contributed by atoms with Gasteiger partial charge in [0, 0.05) is 31.5 Å². The Morgan fingerprint density at radius 3 is 2.65 bits per heavy atom. The van der Waals surface area contributed by atoms with Crippen LogP contribution < -0.4 is 4.90 Å². The average Bonchev–Trinajstić information content (AvgIpc) is 2.83. The van der Waals surface area contributed by atoms with E-state index in [0.29, 0.717) is 6.61 Å². The molecule has 0 radical (unpaired) electrons. The minimum absolute atomic E-state index is 0.0413. The van der Waals surface area contributed by atoms with Crippen LogP contribution in [0, 0.1) is 10.1 Å². The van der Waals surface area contributed by atoms with E-state index in [4.69, 9.17) is 4.74 Å². The van der Waals surface area contributed by atoms with Gasteiger partial charge in [0.2, 0.25) is 0 Å². The lowest BCUT2D eigenvalue weighted by Crippen LogP contribution is -2.47. The Labute approximate surface area is 119 Å². The van der Waals surface area contributed by atoms with Gasteiger partial charge in [0.15, 0.2) is 0 Å². The highest BCUT2D eigenvalue weighted by molar-refractivity contribution is 5.54. The fraction of sp³-hybridized carbons (Fsp3) is 0.600. The van der Waals surface area contributed by atoms with Crippen LogP contribution in [-0.2, 0) is 4.74 Å². The summed E-state index contributed by atoms with van der Waals surface area (Å²) in [5.41, 5.74) is 1.24. The van der Waals surface area contributed by atoms with Crippen LogP contribution in [0.2, 0.25) is 0 Å². The topological polar surface area (TPSA) is 55.6 Å². The van der Waals surface area contributed by atoms with Crippen molar-refractivity contribution in [2.24, 2.45) is 0 Å². The summed E-state index contributed by atoms with van der Waals surface area (Å²) in [6.07, 6.45) is 4.44. The van der Waals surface area contributed by atoms with Gasteiger partial charge >= 0.3 is 0 Å². The van der Waals surface area contributed by atoms with Gasteiger partial charge < -0.3 is 9.64 Å². The molecule has 0 aromatic heterocycles. The lowest BCUT2D eigenvalue weighted by Gasteiger charge is -2.39. The second kappa shape index (κ2) is 6.22. The number of anilines is 1. The molecule has 1 atom stereocenters. The quantitative estimate of drug-likeness (QED) is 0.591. The van der Waals surface area contributed by atoms with Crippen LogP contribution in [0.5, 0.6) is 0 Å². The zero-order valence-corrected chi connectivity index (χ0v) is 12.2. The number of ether oxygens (including phenoxy) is 1. The molecular formula is C15H22N2O3. The number of nitro groups is 1. The molecule has 5 nitrogen and oxygen atoms in total. The molecule has 0 bridgehead atoms. The molecule has 1 unspecified atom stereocenters. The Balaban J connectivity index is 2.26. The number of nitro benzene ring substituents is 1. The summed E-state index contributed by atoms with van der Waals surface area (Å²) in [5.74, 6) is 0. The van der Waals surface area contributed by atoms with Crippen LogP contribution in [0.1, 0.15) is 32.6 Å². The van der Waals surface area contributed by atoms with Crippen molar-refractivity contribution >= 4 is 11.4 Å². The Hall–Kier alpha value is -1.62. The third kappa shape index (κ3) is 2.77. The van der Waals surface area contributed by atoms with Crippen molar-refractivity contribution in [2.75, 3.05) is 25.2 Å². The van der Waals surface area contributed by atoms with Crippen LogP contribution in [0.25, 0.3) is 0 Å². The van der Waals surface area contributed by atoms with E-state index >= 15 is 0 Å². The van der Waals surface area contributed by atoms with Gasteiger partial charge in [-0.15, -0.1) is 0 Å². The summed E-state index contributed by atoms with van der Waals surface area (Å²) in [5, 5.41) is 10.7. The lowest BCUT2D eigenvalue weighted by atomic mass is 9.91. The number of non-ortho nitro benzene ring substituents is 1. The Morgan fingerprint density at radius 1 is 1.40 bits per heavy atom.